The Balaban J connectivity index is 2.10. The van der Waals surface area contributed by atoms with E-state index in [9.17, 15) is 4.79 Å². The molecule has 0 unspecified atom stereocenters. The Morgan fingerprint density at radius 3 is 2.62 bits per heavy atom. The van der Waals surface area contributed by atoms with E-state index in [-0.39, 0.29) is 11.6 Å². The van der Waals surface area contributed by atoms with E-state index in [1.54, 1.807) is 17.8 Å². The maximum Gasteiger partial charge on any atom is 0.258 e. The second-order valence-corrected chi connectivity index (χ2v) is 7.52. The second kappa shape index (κ2) is 7.08. The molecule has 0 radical (unpaired) electrons. The number of hydrogen-bond donors (Lipinski definition) is 1. The smallest absolute Gasteiger partial charge is 0.258 e. The van der Waals surface area contributed by atoms with E-state index in [1.165, 1.54) is 0 Å². The predicted molar refractivity (Wildman–Crippen MR) is 107 cm³/mol. The molecule has 2 N–H and O–H groups in total. The molecule has 26 heavy (non-hydrogen) atoms. The number of aryl methyl sites for hydroxylation is 3. The molecule has 5 nitrogen and oxygen atoms in total. The third kappa shape index (κ3) is 3.31. The molecule has 0 saturated heterocycles. The molecule has 3 rings (SSSR count). The molecule has 0 aliphatic heterocycles. The lowest BCUT2D eigenvalue weighted by atomic mass is 10.0. The average Bonchev–Trinajstić information content (AvgIpc) is 2.57. The van der Waals surface area contributed by atoms with Gasteiger partial charge < -0.3 is 15.0 Å². The number of pyridine rings is 2. The van der Waals surface area contributed by atoms with E-state index in [1.807, 2.05) is 32.0 Å². The molecule has 5 heteroatoms. The highest BCUT2D eigenvalue weighted by atomic mass is 16.5. The number of rotatable bonds is 5. The molecular formula is C21H27N3O2. The van der Waals surface area contributed by atoms with E-state index in [2.05, 4.69) is 18.8 Å². The topological polar surface area (TPSA) is 70.1 Å². The van der Waals surface area contributed by atoms with Gasteiger partial charge in [0.15, 0.2) is 0 Å². The Bertz CT molecular complexity index is 1020. The second-order valence-electron chi connectivity index (χ2n) is 7.52. The highest BCUT2D eigenvalue weighted by Crippen LogP contribution is 2.29. The lowest BCUT2D eigenvalue weighted by Crippen LogP contribution is -2.29. The molecule has 0 fully saturated rings. The number of fused-ring (bicyclic) bond motifs is 3. The van der Waals surface area contributed by atoms with Gasteiger partial charge in [0.2, 0.25) is 0 Å². The summed E-state index contributed by atoms with van der Waals surface area (Å²) in [6.45, 7) is 8.66. The zero-order valence-corrected chi connectivity index (χ0v) is 16.2. The predicted octanol–water partition coefficient (Wildman–Crippen LogP) is 3.46. The Labute approximate surface area is 153 Å². The number of nitrogens with two attached hydrogens (primary N) is 1. The van der Waals surface area contributed by atoms with Crippen molar-refractivity contribution in [1.29, 1.82) is 0 Å². The van der Waals surface area contributed by atoms with Crippen molar-refractivity contribution in [2.75, 3.05) is 6.61 Å². The minimum atomic E-state index is -0.0417. The fourth-order valence-electron chi connectivity index (χ4n) is 3.60. The molecule has 138 valence electrons. The minimum absolute atomic E-state index is 0.0155. The van der Waals surface area contributed by atoms with Crippen LogP contribution >= 0.6 is 0 Å². The quantitative estimate of drug-likeness (QED) is 0.713. The maximum atomic E-state index is 12.9. The summed E-state index contributed by atoms with van der Waals surface area (Å²) >= 11 is 0. The number of ether oxygens (including phenoxy) is 1. The summed E-state index contributed by atoms with van der Waals surface area (Å²) in [5.41, 5.74) is 8.81. The average molecular weight is 353 g/mol. The zero-order valence-electron chi connectivity index (χ0n) is 16.2. The Kier molecular flexibility index (Phi) is 5.01. The summed E-state index contributed by atoms with van der Waals surface area (Å²) in [6, 6.07) is 5.83. The van der Waals surface area contributed by atoms with Crippen LogP contribution in [0.3, 0.4) is 0 Å². The van der Waals surface area contributed by atoms with E-state index < -0.39 is 0 Å². The molecule has 2 heterocycles. The highest BCUT2D eigenvalue weighted by Gasteiger charge is 2.14. The first-order valence-electron chi connectivity index (χ1n) is 9.06. The summed E-state index contributed by atoms with van der Waals surface area (Å²) < 4.78 is 7.62. The molecular weight excluding hydrogens is 326 g/mol. The molecule has 2 aromatic heterocycles. The van der Waals surface area contributed by atoms with Gasteiger partial charge in [-0.15, -0.1) is 0 Å². The fraction of sp³-hybridized carbons (Fsp3) is 0.429. The SMILES string of the molecule is Cc1cc2c(cc1OC[C@@H](N)CC(C)C)c(=O)n(C)c1c(C)nccc21. The molecule has 1 atom stereocenters. The Morgan fingerprint density at radius 2 is 1.92 bits per heavy atom. The summed E-state index contributed by atoms with van der Waals surface area (Å²) in [5.74, 6) is 1.25. The van der Waals surface area contributed by atoms with Gasteiger partial charge in [0.25, 0.3) is 5.56 Å². The lowest BCUT2D eigenvalue weighted by Gasteiger charge is -2.17. The van der Waals surface area contributed by atoms with Crippen molar-refractivity contribution in [3.63, 3.8) is 0 Å². The number of hydrogen-bond acceptors (Lipinski definition) is 4. The Morgan fingerprint density at radius 1 is 1.19 bits per heavy atom. The molecule has 0 amide bonds. The highest BCUT2D eigenvalue weighted by molar-refractivity contribution is 6.06. The number of aromatic nitrogens is 2. The van der Waals surface area contributed by atoms with Gasteiger partial charge in [-0.3, -0.25) is 9.78 Å². The summed E-state index contributed by atoms with van der Waals surface area (Å²) in [5, 5.41) is 2.62. The van der Waals surface area contributed by atoms with E-state index in [0.717, 1.165) is 39.7 Å². The van der Waals surface area contributed by atoms with Crippen LogP contribution in [0.2, 0.25) is 0 Å². The van der Waals surface area contributed by atoms with Crippen LogP contribution in [0.5, 0.6) is 5.75 Å². The van der Waals surface area contributed by atoms with Crippen LogP contribution in [0, 0.1) is 19.8 Å². The van der Waals surface area contributed by atoms with Gasteiger partial charge in [0.1, 0.15) is 12.4 Å². The molecule has 0 bridgehead atoms. The lowest BCUT2D eigenvalue weighted by molar-refractivity contribution is 0.270. The van der Waals surface area contributed by atoms with E-state index in [4.69, 9.17) is 10.5 Å². The van der Waals surface area contributed by atoms with Crippen LogP contribution in [0.4, 0.5) is 0 Å². The number of nitrogens with zero attached hydrogens (tertiary/aromatic N) is 2. The van der Waals surface area contributed by atoms with Crippen molar-refractivity contribution < 1.29 is 4.74 Å². The molecule has 0 aliphatic rings. The summed E-state index contributed by atoms with van der Waals surface area (Å²) in [6.07, 6.45) is 2.69. The van der Waals surface area contributed by atoms with Crippen LogP contribution < -0.4 is 16.0 Å². The van der Waals surface area contributed by atoms with E-state index in [0.29, 0.717) is 17.9 Å². The van der Waals surface area contributed by atoms with Crippen molar-refractivity contribution in [2.24, 2.45) is 18.7 Å². The largest absolute Gasteiger partial charge is 0.492 e. The van der Waals surface area contributed by atoms with Gasteiger partial charge in [-0.25, -0.2) is 0 Å². The molecule has 0 spiro atoms. The number of benzene rings is 1. The van der Waals surface area contributed by atoms with Crippen molar-refractivity contribution in [3.8, 4) is 5.75 Å². The van der Waals surface area contributed by atoms with Gasteiger partial charge in [-0.1, -0.05) is 13.8 Å². The van der Waals surface area contributed by atoms with Gasteiger partial charge in [-0.2, -0.15) is 0 Å². The summed E-state index contributed by atoms with van der Waals surface area (Å²) in [7, 11) is 1.79. The normalized spacial score (nSPS) is 12.9. The fourth-order valence-corrected chi connectivity index (χ4v) is 3.60. The van der Waals surface area contributed by atoms with Crippen molar-refractivity contribution in [2.45, 2.75) is 40.2 Å². The zero-order chi connectivity index (χ0) is 19.0. The molecule has 0 aliphatic carbocycles. The van der Waals surface area contributed by atoms with Crippen LogP contribution in [0.25, 0.3) is 21.7 Å². The third-order valence-corrected chi connectivity index (χ3v) is 4.81. The minimum Gasteiger partial charge on any atom is -0.492 e. The molecule has 3 aromatic rings. The van der Waals surface area contributed by atoms with Crippen molar-refractivity contribution in [3.05, 3.63) is 46.0 Å². The third-order valence-electron chi connectivity index (χ3n) is 4.81. The maximum absolute atomic E-state index is 12.9. The van der Waals surface area contributed by atoms with Crippen LogP contribution in [0.15, 0.2) is 29.2 Å². The van der Waals surface area contributed by atoms with Gasteiger partial charge in [0, 0.05) is 24.7 Å². The Hall–Kier alpha value is -2.40. The van der Waals surface area contributed by atoms with Crippen molar-refractivity contribution >= 4 is 21.7 Å². The first kappa shape index (κ1) is 18.4. The van der Waals surface area contributed by atoms with Gasteiger partial charge in [0.05, 0.1) is 16.6 Å². The standard InChI is InChI=1S/C21H27N3O2/c1-12(2)8-15(22)11-26-19-10-18-17(9-13(19)3)16-6-7-23-14(4)20(16)24(5)21(18)25/h6-7,9-10,12,15H,8,11,22H2,1-5H3/t15-/m0/s1. The monoisotopic (exact) mass is 353 g/mol. The van der Waals surface area contributed by atoms with Gasteiger partial charge in [-0.05, 0) is 55.3 Å². The van der Waals surface area contributed by atoms with Gasteiger partial charge >= 0.3 is 0 Å². The van der Waals surface area contributed by atoms with Crippen LogP contribution in [-0.2, 0) is 7.05 Å². The van der Waals surface area contributed by atoms with Crippen LogP contribution in [0.1, 0.15) is 31.5 Å². The van der Waals surface area contributed by atoms with Crippen LogP contribution in [-0.4, -0.2) is 22.2 Å². The molecule has 1 aromatic carbocycles. The van der Waals surface area contributed by atoms with Crippen molar-refractivity contribution in [1.82, 2.24) is 9.55 Å². The first-order chi connectivity index (χ1) is 12.3. The first-order valence-corrected chi connectivity index (χ1v) is 9.06. The molecule has 0 saturated carbocycles. The summed E-state index contributed by atoms with van der Waals surface area (Å²) in [4.78, 5) is 17.2. The van der Waals surface area contributed by atoms with E-state index >= 15 is 0 Å².